The fourth-order valence-electron chi connectivity index (χ4n) is 1.52. The van der Waals surface area contributed by atoms with Crippen LogP contribution in [0.3, 0.4) is 0 Å². The quantitative estimate of drug-likeness (QED) is 0.837. The summed E-state index contributed by atoms with van der Waals surface area (Å²) in [6.07, 6.45) is 1.82. The molecule has 0 radical (unpaired) electrons. The number of anilines is 1. The van der Waals surface area contributed by atoms with Gasteiger partial charge in [0.25, 0.3) is 0 Å². The van der Waals surface area contributed by atoms with Crippen LogP contribution in [0.4, 0.5) is 5.69 Å². The van der Waals surface area contributed by atoms with Crippen LogP contribution in [-0.2, 0) is 9.59 Å². The lowest BCUT2D eigenvalue weighted by Gasteiger charge is -2.16. The van der Waals surface area contributed by atoms with Gasteiger partial charge in [-0.2, -0.15) is 5.26 Å². The molecule has 0 aliphatic rings. The lowest BCUT2D eigenvalue weighted by Crippen LogP contribution is -2.37. The largest absolute Gasteiger partial charge is 0.338 e. The first-order valence-electron chi connectivity index (χ1n) is 6.15. The molecule has 0 aliphatic heterocycles. The van der Waals surface area contributed by atoms with E-state index in [0.29, 0.717) is 17.8 Å². The SMILES string of the molecule is CCCCN(C)C(=O)C(=O)Nc1cccc(C#N)c1. The minimum Gasteiger partial charge on any atom is -0.338 e. The van der Waals surface area contributed by atoms with Crippen molar-refractivity contribution in [3.05, 3.63) is 29.8 Å². The van der Waals surface area contributed by atoms with E-state index in [-0.39, 0.29) is 0 Å². The molecule has 1 aromatic carbocycles. The van der Waals surface area contributed by atoms with Crippen molar-refractivity contribution >= 4 is 17.5 Å². The molecule has 0 bridgehead atoms. The number of carbonyl (C=O) groups excluding carboxylic acids is 2. The van der Waals surface area contributed by atoms with Gasteiger partial charge in [-0.1, -0.05) is 19.4 Å². The normalized spacial score (nSPS) is 9.53. The highest BCUT2D eigenvalue weighted by Gasteiger charge is 2.18. The van der Waals surface area contributed by atoms with Crippen LogP contribution >= 0.6 is 0 Å². The van der Waals surface area contributed by atoms with Crippen molar-refractivity contribution in [2.45, 2.75) is 19.8 Å². The van der Waals surface area contributed by atoms with E-state index in [1.165, 1.54) is 11.0 Å². The van der Waals surface area contributed by atoms with Gasteiger partial charge in [0, 0.05) is 19.3 Å². The molecule has 0 spiro atoms. The van der Waals surface area contributed by atoms with Crippen molar-refractivity contribution in [2.24, 2.45) is 0 Å². The number of likely N-dealkylation sites (N-methyl/N-ethyl adjacent to an activating group) is 1. The first-order valence-corrected chi connectivity index (χ1v) is 6.15. The summed E-state index contributed by atoms with van der Waals surface area (Å²) in [6, 6.07) is 8.42. The molecule has 0 atom stereocenters. The van der Waals surface area contributed by atoms with E-state index >= 15 is 0 Å². The van der Waals surface area contributed by atoms with Gasteiger partial charge in [-0.15, -0.1) is 0 Å². The summed E-state index contributed by atoms with van der Waals surface area (Å²) in [5.41, 5.74) is 0.880. The Morgan fingerprint density at radius 2 is 2.16 bits per heavy atom. The van der Waals surface area contributed by atoms with E-state index in [2.05, 4.69) is 5.32 Å². The van der Waals surface area contributed by atoms with E-state index in [0.717, 1.165) is 12.8 Å². The Hall–Kier alpha value is -2.35. The molecule has 5 nitrogen and oxygen atoms in total. The Morgan fingerprint density at radius 1 is 1.42 bits per heavy atom. The average Bonchev–Trinajstić information content (AvgIpc) is 2.43. The highest BCUT2D eigenvalue weighted by Crippen LogP contribution is 2.09. The van der Waals surface area contributed by atoms with Crippen molar-refractivity contribution in [1.82, 2.24) is 4.90 Å². The summed E-state index contributed by atoms with van der Waals surface area (Å²) >= 11 is 0. The molecule has 100 valence electrons. The minimum absolute atomic E-state index is 0.435. The lowest BCUT2D eigenvalue weighted by molar-refractivity contribution is -0.142. The van der Waals surface area contributed by atoms with E-state index in [9.17, 15) is 9.59 Å². The highest BCUT2D eigenvalue weighted by atomic mass is 16.2. The second-order valence-electron chi connectivity index (χ2n) is 4.23. The molecule has 0 fully saturated rings. The number of hydrogen-bond acceptors (Lipinski definition) is 3. The van der Waals surface area contributed by atoms with Crippen LogP contribution in [0.5, 0.6) is 0 Å². The molecule has 5 heteroatoms. The molecular weight excluding hydrogens is 242 g/mol. The monoisotopic (exact) mass is 259 g/mol. The van der Waals surface area contributed by atoms with Crippen molar-refractivity contribution in [2.75, 3.05) is 18.9 Å². The van der Waals surface area contributed by atoms with E-state index in [1.54, 1.807) is 25.2 Å². The maximum atomic E-state index is 11.8. The van der Waals surface area contributed by atoms with Gasteiger partial charge < -0.3 is 10.2 Å². The van der Waals surface area contributed by atoms with E-state index in [1.807, 2.05) is 13.0 Å². The van der Waals surface area contributed by atoms with Crippen LogP contribution in [0.1, 0.15) is 25.3 Å². The third-order valence-electron chi connectivity index (χ3n) is 2.64. The fraction of sp³-hybridized carbons (Fsp3) is 0.357. The van der Waals surface area contributed by atoms with Gasteiger partial charge in [0.15, 0.2) is 0 Å². The fourth-order valence-corrected chi connectivity index (χ4v) is 1.52. The number of unbranched alkanes of at least 4 members (excludes halogenated alkanes) is 1. The van der Waals surface area contributed by atoms with Crippen molar-refractivity contribution < 1.29 is 9.59 Å². The first kappa shape index (κ1) is 14.7. The van der Waals surface area contributed by atoms with E-state index < -0.39 is 11.8 Å². The molecule has 1 N–H and O–H groups in total. The molecule has 19 heavy (non-hydrogen) atoms. The molecule has 1 aromatic rings. The number of nitrogens with one attached hydrogen (secondary N) is 1. The molecule has 0 unspecified atom stereocenters. The zero-order valence-electron chi connectivity index (χ0n) is 11.1. The maximum absolute atomic E-state index is 11.8. The Kier molecular flexibility index (Phi) is 5.55. The Morgan fingerprint density at radius 3 is 2.79 bits per heavy atom. The zero-order chi connectivity index (χ0) is 14.3. The average molecular weight is 259 g/mol. The van der Waals surface area contributed by atoms with Gasteiger partial charge >= 0.3 is 11.8 Å². The minimum atomic E-state index is -0.686. The number of benzene rings is 1. The summed E-state index contributed by atoms with van der Waals surface area (Å²) in [5, 5.41) is 11.2. The Balaban J connectivity index is 2.63. The summed E-state index contributed by atoms with van der Waals surface area (Å²) in [5.74, 6) is -1.26. The third-order valence-corrected chi connectivity index (χ3v) is 2.64. The van der Waals surface area contributed by atoms with Crippen molar-refractivity contribution in [3.63, 3.8) is 0 Å². The molecule has 0 aromatic heterocycles. The summed E-state index contributed by atoms with van der Waals surface area (Å²) in [6.45, 7) is 2.58. The first-order chi connectivity index (χ1) is 9.08. The van der Waals surface area contributed by atoms with Crippen molar-refractivity contribution in [3.8, 4) is 6.07 Å². The van der Waals surface area contributed by atoms with Gasteiger partial charge in [0.05, 0.1) is 11.6 Å². The Labute approximate surface area is 112 Å². The van der Waals surface area contributed by atoms with Crippen LogP contribution < -0.4 is 5.32 Å². The molecule has 0 heterocycles. The number of rotatable bonds is 4. The number of carbonyl (C=O) groups is 2. The molecule has 0 aliphatic carbocycles. The van der Waals surface area contributed by atoms with Gasteiger partial charge in [-0.05, 0) is 24.6 Å². The molecule has 0 saturated carbocycles. The third kappa shape index (κ3) is 4.43. The zero-order valence-corrected chi connectivity index (χ0v) is 11.1. The predicted octanol–water partition coefficient (Wildman–Crippen LogP) is 1.76. The van der Waals surface area contributed by atoms with Crippen molar-refractivity contribution in [1.29, 1.82) is 5.26 Å². The summed E-state index contributed by atoms with van der Waals surface area (Å²) in [7, 11) is 1.60. The maximum Gasteiger partial charge on any atom is 0.313 e. The number of nitrogens with zero attached hydrogens (tertiary/aromatic N) is 2. The Bertz CT molecular complexity index is 506. The van der Waals surface area contributed by atoms with Gasteiger partial charge in [-0.25, -0.2) is 0 Å². The highest BCUT2D eigenvalue weighted by molar-refractivity contribution is 6.39. The number of amides is 2. The molecular formula is C14H17N3O2. The van der Waals surface area contributed by atoms with Gasteiger partial charge in [0.2, 0.25) is 0 Å². The predicted molar refractivity (Wildman–Crippen MR) is 72.3 cm³/mol. The van der Waals surface area contributed by atoms with Gasteiger partial charge in [0.1, 0.15) is 0 Å². The summed E-state index contributed by atoms with van der Waals surface area (Å²) < 4.78 is 0. The van der Waals surface area contributed by atoms with Crippen LogP contribution in [0.2, 0.25) is 0 Å². The lowest BCUT2D eigenvalue weighted by atomic mass is 10.2. The van der Waals surface area contributed by atoms with Crippen LogP contribution in [0, 0.1) is 11.3 Å². The van der Waals surface area contributed by atoms with Gasteiger partial charge in [-0.3, -0.25) is 9.59 Å². The second kappa shape index (κ2) is 7.17. The summed E-state index contributed by atoms with van der Waals surface area (Å²) in [4.78, 5) is 24.9. The topological polar surface area (TPSA) is 73.2 Å². The standard InChI is InChI=1S/C14H17N3O2/c1-3-4-8-17(2)14(19)13(18)16-12-7-5-6-11(9-12)10-15/h5-7,9H,3-4,8H2,1-2H3,(H,16,18). The molecule has 1 rings (SSSR count). The van der Waals surface area contributed by atoms with Crippen LogP contribution in [-0.4, -0.2) is 30.3 Å². The molecule has 0 saturated heterocycles. The number of hydrogen-bond donors (Lipinski definition) is 1. The van der Waals surface area contributed by atoms with Crippen LogP contribution in [0.15, 0.2) is 24.3 Å². The van der Waals surface area contributed by atoms with Crippen LogP contribution in [0.25, 0.3) is 0 Å². The van der Waals surface area contributed by atoms with E-state index in [4.69, 9.17) is 5.26 Å². The smallest absolute Gasteiger partial charge is 0.313 e. The second-order valence-corrected chi connectivity index (χ2v) is 4.23. The molecule has 2 amide bonds. The number of nitriles is 1.